The molecule has 3 atom stereocenters. The summed E-state index contributed by atoms with van der Waals surface area (Å²) in [5.41, 5.74) is 0.533. The molecule has 2 saturated carbocycles. The number of hydrogen-bond donors (Lipinski definition) is 1. The SMILES string of the molecule is COc1cc(NC(=O)COC(=O)C[C@H]2C[C@H]3CC[C@H]2C3)cc(OC)c1. The van der Waals surface area contributed by atoms with Gasteiger partial charge >= 0.3 is 5.97 Å². The Bertz CT molecular complexity index is 622. The van der Waals surface area contributed by atoms with E-state index in [2.05, 4.69) is 5.32 Å². The predicted molar refractivity (Wildman–Crippen MR) is 92.7 cm³/mol. The van der Waals surface area contributed by atoms with Crippen molar-refractivity contribution in [2.24, 2.45) is 17.8 Å². The van der Waals surface area contributed by atoms with Gasteiger partial charge in [-0.15, -0.1) is 0 Å². The number of amides is 1. The monoisotopic (exact) mass is 347 g/mol. The molecule has 0 unspecified atom stereocenters. The smallest absolute Gasteiger partial charge is 0.306 e. The number of esters is 1. The van der Waals surface area contributed by atoms with Gasteiger partial charge < -0.3 is 19.5 Å². The number of methoxy groups -OCH3 is 2. The van der Waals surface area contributed by atoms with Gasteiger partial charge in [-0.2, -0.15) is 0 Å². The molecule has 6 nitrogen and oxygen atoms in total. The van der Waals surface area contributed by atoms with Gasteiger partial charge in [0, 0.05) is 30.3 Å². The maximum absolute atomic E-state index is 12.0. The normalized spacial score (nSPS) is 24.0. The first-order valence-corrected chi connectivity index (χ1v) is 8.76. The Balaban J connectivity index is 1.45. The summed E-state index contributed by atoms with van der Waals surface area (Å²) in [6.07, 6.45) is 5.37. The zero-order valence-corrected chi connectivity index (χ0v) is 14.7. The molecule has 2 bridgehead atoms. The molecule has 25 heavy (non-hydrogen) atoms. The Hall–Kier alpha value is -2.24. The van der Waals surface area contributed by atoms with Gasteiger partial charge in [0.2, 0.25) is 0 Å². The van der Waals surface area contributed by atoms with Crippen LogP contribution >= 0.6 is 0 Å². The Kier molecular flexibility index (Phi) is 5.46. The van der Waals surface area contributed by atoms with Gasteiger partial charge in [-0.05, 0) is 37.0 Å². The molecular formula is C19H25NO5. The van der Waals surface area contributed by atoms with Crippen LogP contribution in [0.25, 0.3) is 0 Å². The van der Waals surface area contributed by atoms with Crippen molar-refractivity contribution in [3.63, 3.8) is 0 Å². The summed E-state index contributed by atoms with van der Waals surface area (Å²) in [6, 6.07) is 5.07. The lowest BCUT2D eigenvalue weighted by atomic mass is 9.86. The number of nitrogens with one attached hydrogen (secondary N) is 1. The Morgan fingerprint density at radius 2 is 1.80 bits per heavy atom. The second kappa shape index (κ2) is 7.76. The maximum Gasteiger partial charge on any atom is 0.306 e. The van der Waals surface area contributed by atoms with E-state index in [-0.39, 0.29) is 18.5 Å². The first kappa shape index (κ1) is 17.6. The second-order valence-electron chi connectivity index (χ2n) is 6.95. The van der Waals surface area contributed by atoms with E-state index < -0.39 is 0 Å². The third-order valence-corrected chi connectivity index (χ3v) is 5.31. The molecular weight excluding hydrogens is 322 g/mol. The van der Waals surface area contributed by atoms with Gasteiger partial charge in [-0.25, -0.2) is 0 Å². The van der Waals surface area contributed by atoms with E-state index in [0.717, 1.165) is 12.3 Å². The van der Waals surface area contributed by atoms with Gasteiger partial charge in [-0.3, -0.25) is 9.59 Å². The average Bonchev–Trinajstić information content (AvgIpc) is 3.22. The van der Waals surface area contributed by atoms with Crippen molar-refractivity contribution in [3.05, 3.63) is 18.2 Å². The van der Waals surface area contributed by atoms with Crippen molar-refractivity contribution in [2.45, 2.75) is 32.1 Å². The molecule has 0 aliphatic heterocycles. The van der Waals surface area contributed by atoms with Gasteiger partial charge in [0.05, 0.1) is 14.2 Å². The van der Waals surface area contributed by atoms with Crippen LogP contribution in [0, 0.1) is 17.8 Å². The fourth-order valence-electron chi connectivity index (χ4n) is 4.12. The molecule has 1 aromatic carbocycles. The van der Waals surface area contributed by atoms with E-state index in [1.165, 1.54) is 33.5 Å². The lowest BCUT2D eigenvalue weighted by molar-refractivity contribution is -0.148. The zero-order chi connectivity index (χ0) is 17.8. The number of fused-ring (bicyclic) bond motifs is 2. The summed E-state index contributed by atoms with van der Waals surface area (Å²) >= 11 is 0. The number of ether oxygens (including phenoxy) is 3. The van der Waals surface area contributed by atoms with Gasteiger partial charge in [0.1, 0.15) is 11.5 Å². The second-order valence-corrected chi connectivity index (χ2v) is 6.95. The highest BCUT2D eigenvalue weighted by atomic mass is 16.5. The van der Waals surface area contributed by atoms with Crippen LogP contribution in [0.5, 0.6) is 11.5 Å². The quantitative estimate of drug-likeness (QED) is 0.768. The first-order valence-electron chi connectivity index (χ1n) is 8.76. The lowest BCUT2D eigenvalue weighted by Gasteiger charge is -2.20. The van der Waals surface area contributed by atoms with E-state index in [1.54, 1.807) is 18.2 Å². The fraction of sp³-hybridized carbons (Fsp3) is 0.579. The van der Waals surface area contributed by atoms with Crippen molar-refractivity contribution >= 4 is 17.6 Å². The third kappa shape index (κ3) is 4.44. The maximum atomic E-state index is 12.0. The summed E-state index contributed by atoms with van der Waals surface area (Å²) in [6.45, 7) is -0.279. The van der Waals surface area contributed by atoms with Crippen LogP contribution in [0.4, 0.5) is 5.69 Å². The molecule has 2 aliphatic rings. The Morgan fingerprint density at radius 1 is 1.08 bits per heavy atom. The molecule has 136 valence electrons. The number of carbonyl (C=O) groups is 2. The average molecular weight is 347 g/mol. The number of anilines is 1. The standard InChI is InChI=1S/C19H25NO5/c1-23-16-8-15(9-17(10-16)24-2)20-18(21)11-25-19(22)7-14-6-12-3-4-13(14)5-12/h8-10,12-14H,3-7,11H2,1-2H3,(H,20,21)/t12-,13-,14+/m0/s1. The topological polar surface area (TPSA) is 73.9 Å². The molecule has 0 heterocycles. The number of rotatable bonds is 7. The number of benzene rings is 1. The van der Waals surface area contributed by atoms with Gasteiger partial charge in [0.15, 0.2) is 6.61 Å². The molecule has 0 radical (unpaired) electrons. The lowest BCUT2D eigenvalue weighted by Crippen LogP contribution is -2.23. The van der Waals surface area contributed by atoms with Gasteiger partial charge in [-0.1, -0.05) is 6.42 Å². The molecule has 2 fully saturated rings. The van der Waals surface area contributed by atoms with Crippen LogP contribution < -0.4 is 14.8 Å². The zero-order valence-electron chi connectivity index (χ0n) is 14.7. The minimum Gasteiger partial charge on any atom is -0.497 e. The fourth-order valence-corrected chi connectivity index (χ4v) is 4.12. The van der Waals surface area contributed by atoms with Crippen LogP contribution in [0.1, 0.15) is 32.1 Å². The van der Waals surface area contributed by atoms with Crippen molar-refractivity contribution in [2.75, 3.05) is 26.1 Å². The molecule has 2 aliphatic carbocycles. The first-order chi connectivity index (χ1) is 12.1. The molecule has 0 spiro atoms. The van der Waals surface area contributed by atoms with Crippen molar-refractivity contribution in [1.82, 2.24) is 0 Å². The molecule has 1 aromatic rings. The van der Waals surface area contributed by atoms with E-state index in [9.17, 15) is 9.59 Å². The Morgan fingerprint density at radius 3 is 2.36 bits per heavy atom. The van der Waals surface area contributed by atoms with Crippen LogP contribution in [0.15, 0.2) is 18.2 Å². The van der Waals surface area contributed by atoms with Gasteiger partial charge in [0.25, 0.3) is 5.91 Å². The largest absolute Gasteiger partial charge is 0.497 e. The highest BCUT2D eigenvalue weighted by Gasteiger charge is 2.40. The molecule has 0 aromatic heterocycles. The van der Waals surface area contributed by atoms with Crippen LogP contribution in [-0.4, -0.2) is 32.7 Å². The Labute approximate surface area is 147 Å². The summed E-state index contributed by atoms with van der Waals surface area (Å²) in [5, 5.41) is 2.69. The summed E-state index contributed by atoms with van der Waals surface area (Å²) in [4.78, 5) is 24.0. The van der Waals surface area contributed by atoms with Crippen LogP contribution in [-0.2, 0) is 14.3 Å². The van der Waals surface area contributed by atoms with Crippen LogP contribution in [0.3, 0.4) is 0 Å². The van der Waals surface area contributed by atoms with Crippen LogP contribution in [0.2, 0.25) is 0 Å². The van der Waals surface area contributed by atoms with Crippen molar-refractivity contribution < 1.29 is 23.8 Å². The summed E-state index contributed by atoms with van der Waals surface area (Å²) < 4.78 is 15.5. The van der Waals surface area contributed by atoms with E-state index in [4.69, 9.17) is 14.2 Å². The number of carbonyl (C=O) groups excluding carboxylic acids is 2. The summed E-state index contributed by atoms with van der Waals surface area (Å²) in [7, 11) is 3.08. The predicted octanol–water partition coefficient (Wildman–Crippen LogP) is 3.01. The summed E-state index contributed by atoms with van der Waals surface area (Å²) in [5.74, 6) is 2.40. The van der Waals surface area contributed by atoms with E-state index in [1.807, 2.05) is 0 Å². The van der Waals surface area contributed by atoms with E-state index in [0.29, 0.717) is 35.4 Å². The van der Waals surface area contributed by atoms with E-state index >= 15 is 0 Å². The highest BCUT2D eigenvalue weighted by Crippen LogP contribution is 2.49. The molecule has 3 rings (SSSR count). The van der Waals surface area contributed by atoms with Crippen molar-refractivity contribution in [1.29, 1.82) is 0 Å². The molecule has 1 amide bonds. The molecule has 0 saturated heterocycles. The number of hydrogen-bond acceptors (Lipinski definition) is 5. The minimum atomic E-state index is -0.378. The molecule has 1 N–H and O–H groups in total. The van der Waals surface area contributed by atoms with Crippen molar-refractivity contribution in [3.8, 4) is 11.5 Å². The minimum absolute atomic E-state index is 0.279. The highest BCUT2D eigenvalue weighted by molar-refractivity contribution is 5.93. The molecule has 6 heteroatoms. The third-order valence-electron chi connectivity index (χ3n) is 5.31.